The Kier molecular flexibility index (Phi) is 7.97. The van der Waals surface area contributed by atoms with Crippen LogP contribution in [0, 0.1) is 6.92 Å². The Labute approximate surface area is 187 Å². The molecular formula is C25H25N3O4. The lowest BCUT2D eigenvalue weighted by molar-refractivity contribution is -0.118. The van der Waals surface area contributed by atoms with Gasteiger partial charge in [0, 0.05) is 11.3 Å². The first-order valence-corrected chi connectivity index (χ1v) is 10.2. The minimum absolute atomic E-state index is 0.158. The van der Waals surface area contributed by atoms with Crippen molar-refractivity contribution in [2.45, 2.75) is 13.8 Å². The number of hydrazone groups is 1. The molecule has 7 heteroatoms. The molecule has 0 aliphatic heterocycles. The van der Waals surface area contributed by atoms with Gasteiger partial charge >= 0.3 is 0 Å². The molecule has 0 spiro atoms. The maximum absolute atomic E-state index is 12.2. The fourth-order valence-corrected chi connectivity index (χ4v) is 2.79. The number of ether oxygens (including phenoxy) is 2. The Balaban J connectivity index is 1.59. The number of carbonyl (C=O) groups is 2. The van der Waals surface area contributed by atoms with Crippen molar-refractivity contribution in [3.63, 3.8) is 0 Å². The van der Waals surface area contributed by atoms with Crippen LogP contribution < -0.4 is 20.2 Å². The molecule has 0 unspecified atom stereocenters. The normalized spacial score (nSPS) is 10.6. The Morgan fingerprint density at radius 2 is 1.69 bits per heavy atom. The highest BCUT2D eigenvalue weighted by atomic mass is 16.5. The highest BCUT2D eigenvalue weighted by Crippen LogP contribution is 2.28. The van der Waals surface area contributed by atoms with Gasteiger partial charge in [-0.3, -0.25) is 9.59 Å². The molecule has 32 heavy (non-hydrogen) atoms. The number of nitrogens with zero attached hydrogens (tertiary/aromatic N) is 1. The number of anilines is 1. The third-order valence-corrected chi connectivity index (χ3v) is 4.38. The SMILES string of the molecule is CCOc1cc(/C=N/NC(=O)c2ccccc2)ccc1OCC(=O)Nc1ccc(C)cc1. The zero-order valence-corrected chi connectivity index (χ0v) is 18.0. The number of amides is 2. The van der Waals surface area contributed by atoms with Crippen LogP contribution in [-0.4, -0.2) is 31.2 Å². The third kappa shape index (κ3) is 6.70. The van der Waals surface area contributed by atoms with Crippen molar-refractivity contribution in [1.29, 1.82) is 0 Å². The van der Waals surface area contributed by atoms with Crippen LogP contribution in [0.5, 0.6) is 11.5 Å². The lowest BCUT2D eigenvalue weighted by Crippen LogP contribution is -2.20. The molecule has 0 aliphatic rings. The summed E-state index contributed by atoms with van der Waals surface area (Å²) in [7, 11) is 0. The number of carbonyl (C=O) groups excluding carboxylic acids is 2. The second kappa shape index (κ2) is 11.3. The molecule has 2 N–H and O–H groups in total. The Morgan fingerprint density at radius 1 is 0.938 bits per heavy atom. The Bertz CT molecular complexity index is 1080. The highest BCUT2D eigenvalue weighted by molar-refractivity contribution is 5.95. The zero-order chi connectivity index (χ0) is 22.8. The summed E-state index contributed by atoms with van der Waals surface area (Å²) >= 11 is 0. The van der Waals surface area contributed by atoms with E-state index in [0.29, 0.717) is 34.9 Å². The number of hydrogen-bond acceptors (Lipinski definition) is 5. The summed E-state index contributed by atoms with van der Waals surface area (Å²) in [4.78, 5) is 24.2. The maximum Gasteiger partial charge on any atom is 0.271 e. The number of aryl methyl sites for hydroxylation is 1. The molecule has 3 aromatic rings. The van der Waals surface area contributed by atoms with Crippen LogP contribution in [0.25, 0.3) is 0 Å². The molecule has 0 fully saturated rings. The van der Waals surface area contributed by atoms with Gasteiger partial charge in [-0.15, -0.1) is 0 Å². The molecule has 3 aromatic carbocycles. The molecule has 3 rings (SSSR count). The van der Waals surface area contributed by atoms with Crippen LogP contribution >= 0.6 is 0 Å². The van der Waals surface area contributed by atoms with Crippen LogP contribution in [0.15, 0.2) is 77.9 Å². The maximum atomic E-state index is 12.2. The topological polar surface area (TPSA) is 89.0 Å². The molecule has 0 atom stereocenters. The molecule has 0 heterocycles. The van der Waals surface area contributed by atoms with Crippen molar-refractivity contribution in [2.75, 3.05) is 18.5 Å². The summed E-state index contributed by atoms with van der Waals surface area (Å²) in [6.45, 7) is 4.11. The predicted octanol–water partition coefficient (Wildman–Crippen LogP) is 4.18. The van der Waals surface area contributed by atoms with Crippen LogP contribution in [0.4, 0.5) is 5.69 Å². The Morgan fingerprint density at radius 3 is 2.41 bits per heavy atom. The van der Waals surface area contributed by atoms with E-state index in [1.807, 2.05) is 44.2 Å². The van der Waals surface area contributed by atoms with Crippen LogP contribution in [0.3, 0.4) is 0 Å². The number of hydrogen-bond donors (Lipinski definition) is 2. The summed E-state index contributed by atoms with van der Waals surface area (Å²) in [5.74, 6) is 0.349. The number of rotatable bonds is 9. The first-order valence-electron chi connectivity index (χ1n) is 10.2. The van der Waals surface area contributed by atoms with Gasteiger partial charge in [0.2, 0.25) is 0 Å². The molecule has 0 bridgehead atoms. The quantitative estimate of drug-likeness (QED) is 0.393. The van der Waals surface area contributed by atoms with Crippen molar-refractivity contribution in [3.05, 3.63) is 89.5 Å². The van der Waals surface area contributed by atoms with Crippen molar-refractivity contribution < 1.29 is 19.1 Å². The zero-order valence-electron chi connectivity index (χ0n) is 18.0. The van der Waals surface area contributed by atoms with Gasteiger partial charge in [-0.25, -0.2) is 5.43 Å². The molecule has 0 aliphatic carbocycles. The average Bonchev–Trinajstić information content (AvgIpc) is 2.81. The molecular weight excluding hydrogens is 406 g/mol. The molecule has 7 nitrogen and oxygen atoms in total. The summed E-state index contributed by atoms with van der Waals surface area (Å²) in [6.07, 6.45) is 1.51. The van der Waals surface area contributed by atoms with Gasteiger partial charge in [-0.2, -0.15) is 5.10 Å². The van der Waals surface area contributed by atoms with E-state index < -0.39 is 0 Å². The van der Waals surface area contributed by atoms with E-state index in [2.05, 4.69) is 15.8 Å². The van der Waals surface area contributed by atoms with Crippen LogP contribution in [0.2, 0.25) is 0 Å². The summed E-state index contributed by atoms with van der Waals surface area (Å²) in [5, 5.41) is 6.78. The van der Waals surface area contributed by atoms with Crippen molar-refractivity contribution in [3.8, 4) is 11.5 Å². The van der Waals surface area contributed by atoms with Crippen LogP contribution in [0.1, 0.15) is 28.4 Å². The lowest BCUT2D eigenvalue weighted by atomic mass is 10.2. The summed E-state index contributed by atoms with van der Waals surface area (Å²) in [5.41, 5.74) is 5.53. The van der Waals surface area contributed by atoms with Crippen molar-refractivity contribution in [1.82, 2.24) is 5.43 Å². The molecule has 164 valence electrons. The van der Waals surface area contributed by atoms with E-state index in [4.69, 9.17) is 9.47 Å². The fourth-order valence-electron chi connectivity index (χ4n) is 2.79. The molecule has 0 aromatic heterocycles. The average molecular weight is 431 g/mol. The number of benzene rings is 3. The minimum Gasteiger partial charge on any atom is -0.490 e. The van der Waals surface area contributed by atoms with Gasteiger partial charge in [0.05, 0.1) is 12.8 Å². The molecule has 0 saturated heterocycles. The largest absolute Gasteiger partial charge is 0.490 e. The van der Waals surface area contributed by atoms with Gasteiger partial charge in [-0.1, -0.05) is 35.9 Å². The molecule has 0 saturated carbocycles. The van der Waals surface area contributed by atoms with Gasteiger partial charge in [0.1, 0.15) is 0 Å². The molecule has 0 radical (unpaired) electrons. The summed E-state index contributed by atoms with van der Waals surface area (Å²) < 4.78 is 11.3. The fraction of sp³-hybridized carbons (Fsp3) is 0.160. The van der Waals surface area contributed by atoms with E-state index in [1.54, 1.807) is 42.5 Å². The second-order valence-corrected chi connectivity index (χ2v) is 6.91. The third-order valence-electron chi connectivity index (χ3n) is 4.38. The van der Waals surface area contributed by atoms with Gasteiger partial charge in [0.15, 0.2) is 18.1 Å². The van der Waals surface area contributed by atoms with Gasteiger partial charge < -0.3 is 14.8 Å². The monoisotopic (exact) mass is 431 g/mol. The number of nitrogens with one attached hydrogen (secondary N) is 2. The van der Waals surface area contributed by atoms with Gasteiger partial charge in [-0.05, 0) is 61.9 Å². The van der Waals surface area contributed by atoms with E-state index in [-0.39, 0.29) is 18.4 Å². The van der Waals surface area contributed by atoms with Gasteiger partial charge in [0.25, 0.3) is 11.8 Å². The first-order chi connectivity index (χ1) is 15.5. The van der Waals surface area contributed by atoms with Crippen molar-refractivity contribution in [2.24, 2.45) is 5.10 Å². The second-order valence-electron chi connectivity index (χ2n) is 6.91. The van der Waals surface area contributed by atoms with E-state index >= 15 is 0 Å². The minimum atomic E-state index is -0.300. The highest BCUT2D eigenvalue weighted by Gasteiger charge is 2.10. The standard InChI is InChI=1S/C25H25N3O4/c1-3-31-23-15-19(16-26-28-25(30)20-7-5-4-6-8-20)11-14-22(23)32-17-24(29)27-21-12-9-18(2)10-13-21/h4-16H,3,17H2,1-2H3,(H,27,29)(H,28,30)/b26-16+. The van der Waals surface area contributed by atoms with E-state index in [0.717, 1.165) is 5.56 Å². The smallest absolute Gasteiger partial charge is 0.271 e. The van der Waals surface area contributed by atoms with Crippen LogP contribution in [-0.2, 0) is 4.79 Å². The first kappa shape index (κ1) is 22.6. The molecule has 2 amide bonds. The lowest BCUT2D eigenvalue weighted by Gasteiger charge is -2.12. The van der Waals surface area contributed by atoms with E-state index in [1.165, 1.54) is 6.21 Å². The predicted molar refractivity (Wildman–Crippen MR) is 124 cm³/mol. The van der Waals surface area contributed by atoms with E-state index in [9.17, 15) is 9.59 Å². The van der Waals surface area contributed by atoms with Crippen molar-refractivity contribution >= 4 is 23.7 Å². The Hall–Kier alpha value is -4.13. The summed E-state index contributed by atoms with van der Waals surface area (Å²) in [6, 6.07) is 21.5.